The highest BCUT2D eigenvalue weighted by atomic mass is 32.2. The van der Waals surface area contributed by atoms with Gasteiger partial charge in [0.05, 0.1) is 18.9 Å². The summed E-state index contributed by atoms with van der Waals surface area (Å²) in [4.78, 5) is 11.8. The number of carbonyl (C=O) groups is 1. The number of ether oxygens (including phenoxy) is 1. The molecule has 0 aliphatic carbocycles. The van der Waals surface area contributed by atoms with Gasteiger partial charge in [-0.3, -0.25) is 5.10 Å². The van der Waals surface area contributed by atoms with Gasteiger partial charge in [0.2, 0.25) is 0 Å². The third-order valence-corrected chi connectivity index (χ3v) is 5.41. The van der Waals surface area contributed by atoms with Crippen molar-refractivity contribution in [2.75, 3.05) is 19.7 Å². The van der Waals surface area contributed by atoms with Crippen LogP contribution in [0.2, 0.25) is 0 Å². The fraction of sp³-hybridized carbons (Fsp3) is 0.667. The fourth-order valence-electron chi connectivity index (χ4n) is 2.32. The Morgan fingerprint density at radius 3 is 2.95 bits per heavy atom. The summed E-state index contributed by atoms with van der Waals surface area (Å²) in [7, 11) is -3.85. The number of carbonyl (C=O) groups excluding carboxylic acids is 1. The third kappa shape index (κ3) is 3.09. The second-order valence-corrected chi connectivity index (χ2v) is 6.86. The van der Waals surface area contributed by atoms with E-state index in [-0.39, 0.29) is 29.7 Å². The Labute approximate surface area is 123 Å². The monoisotopic (exact) mass is 317 g/mol. The first-order valence-corrected chi connectivity index (χ1v) is 8.20. The lowest BCUT2D eigenvalue weighted by Gasteiger charge is -2.17. The van der Waals surface area contributed by atoms with E-state index in [4.69, 9.17) is 4.74 Å². The number of aliphatic hydroxyl groups is 1. The minimum atomic E-state index is -3.85. The number of aliphatic hydroxyl groups excluding tert-OH is 1. The predicted molar refractivity (Wildman–Crippen MR) is 73.1 cm³/mol. The van der Waals surface area contributed by atoms with Gasteiger partial charge in [-0.2, -0.15) is 9.40 Å². The number of H-pyrrole nitrogens is 1. The lowest BCUT2D eigenvalue weighted by molar-refractivity contribution is 0.0521. The summed E-state index contributed by atoms with van der Waals surface area (Å²) in [6.07, 6.45) is 1.16. The van der Waals surface area contributed by atoms with Crippen LogP contribution < -0.4 is 0 Å². The number of nitrogens with one attached hydrogen (secondary N) is 1. The number of sulfonamides is 1. The zero-order valence-corrected chi connectivity index (χ0v) is 12.8. The smallest absolute Gasteiger partial charge is 0.342 e. The van der Waals surface area contributed by atoms with Gasteiger partial charge in [0.15, 0.2) is 5.03 Å². The van der Waals surface area contributed by atoms with Crippen LogP contribution >= 0.6 is 0 Å². The lowest BCUT2D eigenvalue weighted by Crippen LogP contribution is -2.31. The van der Waals surface area contributed by atoms with Crippen molar-refractivity contribution >= 4 is 16.0 Å². The quantitative estimate of drug-likeness (QED) is 0.738. The number of esters is 1. The Bertz CT molecular complexity index is 610. The van der Waals surface area contributed by atoms with Gasteiger partial charge in [0.1, 0.15) is 5.56 Å². The van der Waals surface area contributed by atoms with Crippen molar-refractivity contribution in [1.29, 1.82) is 0 Å². The highest BCUT2D eigenvalue weighted by molar-refractivity contribution is 7.89. The van der Waals surface area contributed by atoms with E-state index in [1.807, 2.05) is 0 Å². The molecule has 9 heteroatoms. The number of hydrogen-bond donors (Lipinski definition) is 2. The molecule has 2 N–H and O–H groups in total. The molecular formula is C12H19N3O5S. The van der Waals surface area contributed by atoms with E-state index in [1.165, 1.54) is 4.31 Å². The molecule has 0 aromatic carbocycles. The van der Waals surface area contributed by atoms with Gasteiger partial charge < -0.3 is 9.84 Å². The van der Waals surface area contributed by atoms with Crippen molar-refractivity contribution in [3.63, 3.8) is 0 Å². The number of aromatic nitrogens is 2. The predicted octanol–water partition coefficient (Wildman–Crippen LogP) is -0.0222. The Kier molecular flexibility index (Phi) is 4.64. The van der Waals surface area contributed by atoms with Crippen LogP contribution in [0.5, 0.6) is 0 Å². The van der Waals surface area contributed by atoms with Crippen molar-refractivity contribution < 1.29 is 23.1 Å². The van der Waals surface area contributed by atoms with E-state index in [1.54, 1.807) is 13.8 Å². The van der Waals surface area contributed by atoms with Crippen molar-refractivity contribution in [2.24, 2.45) is 5.92 Å². The second kappa shape index (κ2) is 6.12. The molecule has 1 aliphatic heterocycles. The summed E-state index contributed by atoms with van der Waals surface area (Å²) >= 11 is 0. The maximum Gasteiger partial charge on any atom is 0.342 e. The molecule has 2 rings (SSSR count). The molecule has 2 atom stereocenters. The number of aromatic amines is 1. The van der Waals surface area contributed by atoms with Crippen molar-refractivity contribution in [2.45, 2.75) is 31.4 Å². The summed E-state index contributed by atoms with van der Waals surface area (Å²) in [5.41, 5.74) is -0.0997. The zero-order valence-electron chi connectivity index (χ0n) is 11.9. The summed E-state index contributed by atoms with van der Waals surface area (Å²) in [6, 6.07) is 0. The third-order valence-electron chi connectivity index (χ3n) is 3.57. The molecule has 2 heterocycles. The molecule has 1 saturated heterocycles. The van der Waals surface area contributed by atoms with Crippen molar-refractivity contribution in [3.8, 4) is 0 Å². The van der Waals surface area contributed by atoms with Crippen molar-refractivity contribution in [1.82, 2.24) is 14.5 Å². The molecule has 0 spiro atoms. The van der Waals surface area contributed by atoms with Crippen LogP contribution in [0, 0.1) is 5.92 Å². The number of nitrogens with zero attached hydrogens (tertiary/aromatic N) is 2. The maximum atomic E-state index is 12.6. The highest BCUT2D eigenvalue weighted by Crippen LogP contribution is 2.27. The average Bonchev–Trinajstić information content (AvgIpc) is 3.09. The van der Waals surface area contributed by atoms with E-state index < -0.39 is 22.1 Å². The van der Waals surface area contributed by atoms with E-state index >= 15 is 0 Å². The van der Waals surface area contributed by atoms with E-state index in [0.717, 1.165) is 6.20 Å². The first kappa shape index (κ1) is 15.9. The minimum Gasteiger partial charge on any atom is -0.462 e. The first-order chi connectivity index (χ1) is 9.87. The maximum absolute atomic E-state index is 12.6. The summed E-state index contributed by atoms with van der Waals surface area (Å²) in [5, 5.41) is 15.3. The van der Waals surface area contributed by atoms with Gasteiger partial charge in [-0.25, -0.2) is 13.2 Å². The number of rotatable bonds is 5. The molecule has 21 heavy (non-hydrogen) atoms. The second-order valence-electron chi connectivity index (χ2n) is 4.99. The number of hydrogen-bond acceptors (Lipinski definition) is 6. The summed E-state index contributed by atoms with van der Waals surface area (Å²) in [5.74, 6) is -0.829. The highest BCUT2D eigenvalue weighted by Gasteiger charge is 2.37. The van der Waals surface area contributed by atoms with Crippen LogP contribution in [-0.4, -0.2) is 59.8 Å². The molecule has 1 aromatic heterocycles. The van der Waals surface area contributed by atoms with Crippen molar-refractivity contribution in [3.05, 3.63) is 11.8 Å². The van der Waals surface area contributed by atoms with Gasteiger partial charge in [-0.15, -0.1) is 0 Å². The molecule has 1 aromatic rings. The molecule has 2 unspecified atom stereocenters. The van der Waals surface area contributed by atoms with E-state index in [2.05, 4.69) is 10.2 Å². The van der Waals surface area contributed by atoms with Crippen LogP contribution in [0.1, 0.15) is 30.6 Å². The summed E-state index contributed by atoms with van der Waals surface area (Å²) < 4.78 is 31.2. The molecule has 1 aliphatic rings. The van der Waals surface area contributed by atoms with Crippen LogP contribution in [0.25, 0.3) is 0 Å². The van der Waals surface area contributed by atoms with Crippen LogP contribution in [0.3, 0.4) is 0 Å². The standard InChI is InChI=1S/C12H19N3O5S/c1-3-20-12(17)10-6-13-14-11(10)21(18,19)15-5-4-9(7-15)8(2)16/h6,8-9,16H,3-5,7H2,1-2H3,(H,13,14). The normalized spacial score (nSPS) is 21.4. The van der Waals surface area contributed by atoms with Crippen LogP contribution in [0.15, 0.2) is 11.2 Å². The molecule has 0 radical (unpaired) electrons. The Morgan fingerprint density at radius 1 is 1.67 bits per heavy atom. The largest absolute Gasteiger partial charge is 0.462 e. The van der Waals surface area contributed by atoms with Gasteiger partial charge in [-0.05, 0) is 26.2 Å². The molecular weight excluding hydrogens is 298 g/mol. The zero-order chi connectivity index (χ0) is 15.6. The molecule has 0 saturated carbocycles. The van der Waals surface area contributed by atoms with E-state index in [0.29, 0.717) is 13.0 Å². The van der Waals surface area contributed by atoms with Gasteiger partial charge in [-0.1, -0.05) is 0 Å². The lowest BCUT2D eigenvalue weighted by atomic mass is 10.0. The molecule has 0 bridgehead atoms. The van der Waals surface area contributed by atoms with E-state index in [9.17, 15) is 18.3 Å². The van der Waals surface area contributed by atoms with Crippen LogP contribution in [0.4, 0.5) is 0 Å². The van der Waals surface area contributed by atoms with Gasteiger partial charge in [0.25, 0.3) is 10.0 Å². The van der Waals surface area contributed by atoms with Crippen LogP contribution in [-0.2, 0) is 14.8 Å². The van der Waals surface area contributed by atoms with Gasteiger partial charge >= 0.3 is 5.97 Å². The van der Waals surface area contributed by atoms with Gasteiger partial charge in [0, 0.05) is 13.1 Å². The first-order valence-electron chi connectivity index (χ1n) is 6.76. The molecule has 8 nitrogen and oxygen atoms in total. The molecule has 118 valence electrons. The minimum absolute atomic E-state index is 0.0997. The average molecular weight is 317 g/mol. The molecule has 1 fully saturated rings. The topological polar surface area (TPSA) is 113 Å². The Balaban J connectivity index is 2.25. The Hall–Kier alpha value is -1.45. The molecule has 0 amide bonds. The SMILES string of the molecule is CCOC(=O)c1cn[nH]c1S(=O)(=O)N1CCC(C(C)O)C1. The fourth-order valence-corrected chi connectivity index (χ4v) is 3.89. The Morgan fingerprint density at radius 2 is 2.38 bits per heavy atom. The summed E-state index contributed by atoms with van der Waals surface area (Å²) in [6.45, 7) is 3.96.